The maximum Gasteiger partial charge on any atom is 0.326 e. The number of hydrogen-bond donors (Lipinski definition) is 1. The lowest BCUT2D eigenvalue weighted by Crippen LogP contribution is -2.17. The molecule has 5 aromatic rings. The van der Waals surface area contributed by atoms with Gasteiger partial charge in [-0.15, -0.1) is 0 Å². The van der Waals surface area contributed by atoms with Gasteiger partial charge in [0.1, 0.15) is 0 Å². The van der Waals surface area contributed by atoms with Crippen LogP contribution >= 0.6 is 0 Å². The van der Waals surface area contributed by atoms with Crippen LogP contribution in [-0.2, 0) is 12.0 Å². The Hall–Kier alpha value is -3.59. The van der Waals surface area contributed by atoms with Gasteiger partial charge in [0.15, 0.2) is 0 Å². The Morgan fingerprint density at radius 2 is 1.48 bits per heavy atom. The molecular formula is C28H26N2O. The van der Waals surface area contributed by atoms with Crippen molar-refractivity contribution < 1.29 is 0 Å². The van der Waals surface area contributed by atoms with Gasteiger partial charge in [0.2, 0.25) is 0 Å². The highest BCUT2D eigenvalue weighted by atomic mass is 16.1. The Morgan fingerprint density at radius 3 is 2.23 bits per heavy atom. The van der Waals surface area contributed by atoms with Crippen molar-refractivity contribution >= 4 is 21.8 Å². The molecule has 0 unspecified atom stereocenters. The van der Waals surface area contributed by atoms with Gasteiger partial charge < -0.3 is 4.98 Å². The van der Waals surface area contributed by atoms with Gasteiger partial charge >= 0.3 is 5.69 Å². The zero-order valence-electron chi connectivity index (χ0n) is 18.1. The van der Waals surface area contributed by atoms with Gasteiger partial charge in [0, 0.05) is 0 Å². The van der Waals surface area contributed by atoms with E-state index in [0.29, 0.717) is 6.54 Å². The fourth-order valence-corrected chi connectivity index (χ4v) is 4.18. The molecule has 154 valence electrons. The number of fused-ring (bicyclic) bond motifs is 2. The minimum Gasteiger partial charge on any atom is -0.306 e. The molecule has 1 aromatic heterocycles. The number of hydrogen-bond acceptors (Lipinski definition) is 1. The molecule has 5 rings (SSSR count). The zero-order chi connectivity index (χ0) is 21.6. The third-order valence-electron chi connectivity index (χ3n) is 6.01. The SMILES string of the molecule is CC(C)(C)c1ccc(-c2ccc3c(c2)[nH]c(=O)n3Cc2ccc3ccccc3c2)cc1. The van der Waals surface area contributed by atoms with E-state index in [9.17, 15) is 4.79 Å². The molecule has 0 radical (unpaired) electrons. The Balaban J connectivity index is 1.49. The second-order valence-corrected chi connectivity index (χ2v) is 9.26. The Morgan fingerprint density at radius 1 is 0.774 bits per heavy atom. The van der Waals surface area contributed by atoms with Crippen molar-refractivity contribution in [3.8, 4) is 11.1 Å². The van der Waals surface area contributed by atoms with Crippen LogP contribution in [0.15, 0.2) is 89.7 Å². The van der Waals surface area contributed by atoms with Crippen molar-refractivity contribution in [3.63, 3.8) is 0 Å². The van der Waals surface area contributed by atoms with E-state index in [1.54, 1.807) is 0 Å². The monoisotopic (exact) mass is 406 g/mol. The van der Waals surface area contributed by atoms with Crippen LogP contribution in [0.5, 0.6) is 0 Å². The van der Waals surface area contributed by atoms with Crippen molar-refractivity contribution in [3.05, 3.63) is 107 Å². The summed E-state index contributed by atoms with van der Waals surface area (Å²) in [6, 6.07) is 29.6. The average molecular weight is 407 g/mol. The van der Waals surface area contributed by atoms with Crippen molar-refractivity contribution in [2.75, 3.05) is 0 Å². The summed E-state index contributed by atoms with van der Waals surface area (Å²) in [5.74, 6) is 0. The van der Waals surface area contributed by atoms with Gasteiger partial charge in [-0.05, 0) is 56.6 Å². The van der Waals surface area contributed by atoms with Gasteiger partial charge in [0.05, 0.1) is 17.6 Å². The molecule has 0 saturated heterocycles. The standard InChI is InChI=1S/C28H26N2O/c1-28(2,3)24-13-10-21(11-14-24)23-12-15-26-25(17-23)29-27(31)30(26)18-19-8-9-20-6-4-5-7-22(20)16-19/h4-17H,18H2,1-3H3,(H,29,31). The van der Waals surface area contributed by atoms with Gasteiger partial charge in [-0.1, -0.05) is 87.5 Å². The molecule has 0 aliphatic heterocycles. The zero-order valence-corrected chi connectivity index (χ0v) is 18.1. The van der Waals surface area contributed by atoms with Crippen LogP contribution in [0.4, 0.5) is 0 Å². The number of rotatable bonds is 3. The number of aromatic nitrogens is 2. The highest BCUT2D eigenvalue weighted by molar-refractivity contribution is 5.84. The van der Waals surface area contributed by atoms with Gasteiger partial charge in [-0.25, -0.2) is 4.79 Å². The van der Waals surface area contributed by atoms with Crippen LogP contribution in [-0.4, -0.2) is 9.55 Å². The van der Waals surface area contributed by atoms with Gasteiger partial charge in [-0.3, -0.25) is 4.57 Å². The van der Waals surface area contributed by atoms with E-state index in [1.807, 2.05) is 22.8 Å². The summed E-state index contributed by atoms with van der Waals surface area (Å²) < 4.78 is 1.81. The lowest BCUT2D eigenvalue weighted by Gasteiger charge is -2.19. The van der Waals surface area contributed by atoms with E-state index in [0.717, 1.165) is 27.7 Å². The van der Waals surface area contributed by atoms with E-state index < -0.39 is 0 Å². The smallest absolute Gasteiger partial charge is 0.306 e. The molecule has 1 heterocycles. The molecule has 3 heteroatoms. The number of nitrogens with zero attached hydrogens (tertiary/aromatic N) is 1. The largest absolute Gasteiger partial charge is 0.326 e. The van der Waals surface area contributed by atoms with E-state index in [4.69, 9.17) is 0 Å². The maximum absolute atomic E-state index is 12.7. The third-order valence-corrected chi connectivity index (χ3v) is 6.01. The summed E-state index contributed by atoms with van der Waals surface area (Å²) in [6.45, 7) is 7.20. The average Bonchev–Trinajstić information content (AvgIpc) is 3.07. The normalized spacial score (nSPS) is 12.0. The number of imidazole rings is 1. The minimum absolute atomic E-state index is 0.0802. The molecule has 0 fully saturated rings. The second-order valence-electron chi connectivity index (χ2n) is 9.26. The maximum atomic E-state index is 12.7. The fraction of sp³-hybridized carbons (Fsp3) is 0.179. The van der Waals surface area contributed by atoms with Crippen LogP contribution in [0.25, 0.3) is 32.9 Å². The van der Waals surface area contributed by atoms with Crippen molar-refractivity contribution in [2.24, 2.45) is 0 Å². The second kappa shape index (κ2) is 7.28. The number of nitrogens with one attached hydrogen (secondary N) is 1. The highest BCUT2D eigenvalue weighted by Crippen LogP contribution is 2.28. The minimum atomic E-state index is -0.0802. The predicted molar refractivity (Wildman–Crippen MR) is 130 cm³/mol. The molecular weight excluding hydrogens is 380 g/mol. The van der Waals surface area contributed by atoms with Crippen LogP contribution < -0.4 is 5.69 Å². The summed E-state index contributed by atoms with van der Waals surface area (Å²) in [5, 5.41) is 2.40. The first-order valence-corrected chi connectivity index (χ1v) is 10.7. The van der Waals surface area contributed by atoms with E-state index in [2.05, 4.69) is 92.5 Å². The number of H-pyrrole nitrogens is 1. The van der Waals surface area contributed by atoms with Gasteiger partial charge in [0.25, 0.3) is 0 Å². The summed E-state index contributed by atoms with van der Waals surface area (Å²) in [4.78, 5) is 15.8. The first-order valence-electron chi connectivity index (χ1n) is 10.7. The first-order chi connectivity index (χ1) is 14.9. The summed E-state index contributed by atoms with van der Waals surface area (Å²) in [7, 11) is 0. The summed E-state index contributed by atoms with van der Waals surface area (Å²) in [5.41, 5.74) is 6.52. The van der Waals surface area contributed by atoms with Gasteiger partial charge in [-0.2, -0.15) is 0 Å². The van der Waals surface area contributed by atoms with Crippen LogP contribution in [0.3, 0.4) is 0 Å². The Kier molecular flexibility index (Phi) is 4.55. The highest BCUT2D eigenvalue weighted by Gasteiger charge is 2.14. The number of aromatic amines is 1. The Labute approximate surface area is 182 Å². The van der Waals surface area contributed by atoms with Crippen molar-refractivity contribution in [2.45, 2.75) is 32.7 Å². The molecule has 31 heavy (non-hydrogen) atoms. The first kappa shape index (κ1) is 19.4. The lowest BCUT2D eigenvalue weighted by atomic mass is 9.86. The molecule has 0 aliphatic carbocycles. The topological polar surface area (TPSA) is 37.8 Å². The third kappa shape index (κ3) is 3.68. The van der Waals surface area contributed by atoms with Crippen molar-refractivity contribution in [1.82, 2.24) is 9.55 Å². The van der Waals surface area contributed by atoms with Crippen LogP contribution in [0.1, 0.15) is 31.9 Å². The molecule has 0 saturated carbocycles. The van der Waals surface area contributed by atoms with E-state index >= 15 is 0 Å². The molecule has 4 aromatic carbocycles. The Bertz CT molecular complexity index is 1450. The molecule has 0 aliphatic rings. The molecule has 0 bridgehead atoms. The predicted octanol–water partition coefficient (Wildman–Crippen LogP) is 6.50. The molecule has 1 N–H and O–H groups in total. The molecule has 0 atom stereocenters. The fourth-order valence-electron chi connectivity index (χ4n) is 4.18. The molecule has 0 amide bonds. The van der Waals surface area contributed by atoms with Crippen LogP contribution in [0.2, 0.25) is 0 Å². The summed E-state index contributed by atoms with van der Waals surface area (Å²) >= 11 is 0. The van der Waals surface area contributed by atoms with Crippen molar-refractivity contribution in [1.29, 1.82) is 0 Å². The van der Waals surface area contributed by atoms with Crippen LogP contribution in [0, 0.1) is 0 Å². The van der Waals surface area contributed by atoms with E-state index in [-0.39, 0.29) is 11.1 Å². The summed E-state index contributed by atoms with van der Waals surface area (Å²) in [6.07, 6.45) is 0. The van der Waals surface area contributed by atoms with E-state index in [1.165, 1.54) is 16.3 Å². The molecule has 0 spiro atoms. The number of benzene rings is 4. The lowest BCUT2D eigenvalue weighted by molar-refractivity contribution is 0.590. The quantitative estimate of drug-likeness (QED) is 0.365. The molecule has 3 nitrogen and oxygen atoms in total.